The lowest BCUT2D eigenvalue weighted by atomic mass is 9.92. The summed E-state index contributed by atoms with van der Waals surface area (Å²) in [6.45, 7) is 0.670. The lowest BCUT2D eigenvalue weighted by Crippen LogP contribution is -2.26. The van der Waals surface area contributed by atoms with Crippen molar-refractivity contribution < 1.29 is 13.3 Å². The van der Waals surface area contributed by atoms with Crippen molar-refractivity contribution in [2.24, 2.45) is 5.90 Å². The molecule has 2 rings (SSSR count). The van der Waals surface area contributed by atoms with Crippen molar-refractivity contribution in [2.75, 3.05) is 13.2 Å². The van der Waals surface area contributed by atoms with Gasteiger partial charge in [-0.15, -0.1) is 0 Å². The summed E-state index contributed by atoms with van der Waals surface area (Å²) < 4.78 is 26.7. The SMILES string of the molecule is NOCCCNS(=O)(=O)c1ccc2c(c1)CCCC2. The molecule has 0 saturated heterocycles. The molecule has 0 fully saturated rings. The van der Waals surface area contributed by atoms with E-state index in [0.717, 1.165) is 19.3 Å². The van der Waals surface area contributed by atoms with E-state index in [1.807, 2.05) is 6.07 Å². The van der Waals surface area contributed by atoms with Gasteiger partial charge in [0.15, 0.2) is 0 Å². The number of sulfonamides is 1. The summed E-state index contributed by atoms with van der Waals surface area (Å²) in [5, 5.41) is 0. The lowest BCUT2D eigenvalue weighted by Gasteiger charge is -2.16. The van der Waals surface area contributed by atoms with Crippen molar-refractivity contribution in [3.05, 3.63) is 29.3 Å². The highest BCUT2D eigenvalue weighted by atomic mass is 32.2. The third-order valence-electron chi connectivity index (χ3n) is 3.36. The predicted molar refractivity (Wildman–Crippen MR) is 73.0 cm³/mol. The van der Waals surface area contributed by atoms with E-state index in [1.54, 1.807) is 12.1 Å². The molecular weight excluding hydrogens is 264 g/mol. The van der Waals surface area contributed by atoms with Gasteiger partial charge in [-0.05, 0) is 55.4 Å². The summed E-state index contributed by atoms with van der Waals surface area (Å²) in [5.74, 6) is 4.89. The monoisotopic (exact) mass is 284 g/mol. The molecule has 0 heterocycles. The zero-order valence-corrected chi connectivity index (χ0v) is 11.7. The second-order valence-electron chi connectivity index (χ2n) is 4.76. The smallest absolute Gasteiger partial charge is 0.240 e. The van der Waals surface area contributed by atoms with Gasteiger partial charge >= 0.3 is 0 Å². The molecular formula is C13H20N2O3S. The highest BCUT2D eigenvalue weighted by molar-refractivity contribution is 7.89. The predicted octanol–water partition coefficient (Wildman–Crippen LogP) is 1.12. The zero-order chi connectivity index (χ0) is 13.7. The molecule has 0 aromatic heterocycles. The minimum atomic E-state index is -3.42. The first-order chi connectivity index (χ1) is 9.13. The Labute approximate surface area is 114 Å². The summed E-state index contributed by atoms with van der Waals surface area (Å²) in [5.41, 5.74) is 2.45. The van der Waals surface area contributed by atoms with Gasteiger partial charge in [0.2, 0.25) is 10.0 Å². The van der Waals surface area contributed by atoms with E-state index in [4.69, 9.17) is 5.90 Å². The molecule has 5 nitrogen and oxygen atoms in total. The first-order valence-corrected chi connectivity index (χ1v) is 8.05. The summed E-state index contributed by atoms with van der Waals surface area (Å²) in [7, 11) is -3.42. The molecule has 0 spiro atoms. The number of hydrogen-bond donors (Lipinski definition) is 2. The molecule has 106 valence electrons. The van der Waals surface area contributed by atoms with Gasteiger partial charge in [0.05, 0.1) is 11.5 Å². The van der Waals surface area contributed by atoms with Crippen LogP contribution in [-0.4, -0.2) is 21.6 Å². The van der Waals surface area contributed by atoms with E-state index in [0.29, 0.717) is 24.5 Å². The molecule has 0 aliphatic heterocycles. The molecule has 1 aliphatic rings. The van der Waals surface area contributed by atoms with Gasteiger partial charge in [0.25, 0.3) is 0 Å². The third kappa shape index (κ3) is 3.76. The molecule has 19 heavy (non-hydrogen) atoms. The Morgan fingerprint density at radius 3 is 2.68 bits per heavy atom. The Hall–Kier alpha value is -0.950. The van der Waals surface area contributed by atoms with E-state index >= 15 is 0 Å². The van der Waals surface area contributed by atoms with Gasteiger partial charge in [-0.3, -0.25) is 0 Å². The van der Waals surface area contributed by atoms with Crippen molar-refractivity contribution in [1.29, 1.82) is 0 Å². The lowest BCUT2D eigenvalue weighted by molar-refractivity contribution is 0.136. The van der Waals surface area contributed by atoms with E-state index in [-0.39, 0.29) is 0 Å². The molecule has 1 aromatic rings. The van der Waals surface area contributed by atoms with Crippen LogP contribution in [0.5, 0.6) is 0 Å². The van der Waals surface area contributed by atoms with Crippen LogP contribution in [0.1, 0.15) is 30.4 Å². The first-order valence-electron chi connectivity index (χ1n) is 6.56. The van der Waals surface area contributed by atoms with Crippen LogP contribution in [0.4, 0.5) is 0 Å². The minimum Gasteiger partial charge on any atom is -0.305 e. The fourth-order valence-corrected chi connectivity index (χ4v) is 3.45. The maximum absolute atomic E-state index is 12.1. The topological polar surface area (TPSA) is 81.4 Å². The normalized spacial score (nSPS) is 15.2. The summed E-state index contributed by atoms with van der Waals surface area (Å²) >= 11 is 0. The van der Waals surface area contributed by atoms with Gasteiger partial charge in [0, 0.05) is 6.54 Å². The van der Waals surface area contributed by atoms with Crippen molar-refractivity contribution >= 4 is 10.0 Å². The maximum Gasteiger partial charge on any atom is 0.240 e. The van der Waals surface area contributed by atoms with Gasteiger partial charge in [-0.25, -0.2) is 19.0 Å². The van der Waals surface area contributed by atoms with Crippen LogP contribution < -0.4 is 10.6 Å². The number of fused-ring (bicyclic) bond motifs is 1. The van der Waals surface area contributed by atoms with E-state index in [1.165, 1.54) is 17.5 Å². The molecule has 3 N–H and O–H groups in total. The van der Waals surface area contributed by atoms with Gasteiger partial charge in [-0.2, -0.15) is 0 Å². The van der Waals surface area contributed by atoms with Crippen LogP contribution in [0.25, 0.3) is 0 Å². The zero-order valence-electron chi connectivity index (χ0n) is 10.9. The van der Waals surface area contributed by atoms with Crippen molar-refractivity contribution in [3.8, 4) is 0 Å². The summed E-state index contributed by atoms with van der Waals surface area (Å²) in [4.78, 5) is 4.75. The Balaban J connectivity index is 2.07. The molecule has 0 atom stereocenters. The molecule has 0 unspecified atom stereocenters. The Morgan fingerprint density at radius 1 is 1.21 bits per heavy atom. The van der Waals surface area contributed by atoms with Crippen LogP contribution in [0.15, 0.2) is 23.1 Å². The average molecular weight is 284 g/mol. The van der Waals surface area contributed by atoms with Gasteiger partial charge in [-0.1, -0.05) is 6.07 Å². The van der Waals surface area contributed by atoms with Gasteiger partial charge < -0.3 is 4.84 Å². The molecule has 0 radical (unpaired) electrons. The average Bonchev–Trinajstić information content (AvgIpc) is 2.43. The second-order valence-corrected chi connectivity index (χ2v) is 6.53. The van der Waals surface area contributed by atoms with Crippen LogP contribution in [-0.2, 0) is 27.7 Å². The van der Waals surface area contributed by atoms with E-state index < -0.39 is 10.0 Å². The summed E-state index contributed by atoms with van der Waals surface area (Å²) in [6.07, 6.45) is 4.91. The number of nitrogens with two attached hydrogens (primary N) is 1. The number of hydrogen-bond acceptors (Lipinski definition) is 4. The molecule has 0 amide bonds. The number of nitrogens with one attached hydrogen (secondary N) is 1. The Kier molecular flexibility index (Phi) is 4.93. The first kappa shape index (κ1) is 14.5. The third-order valence-corrected chi connectivity index (χ3v) is 4.82. The Morgan fingerprint density at radius 2 is 1.95 bits per heavy atom. The standard InChI is InChI=1S/C13H20N2O3S/c14-18-9-3-8-15-19(16,17)13-7-6-11-4-1-2-5-12(11)10-13/h6-7,10,15H,1-5,8-9,14H2. The van der Waals surface area contributed by atoms with Crippen LogP contribution in [0.3, 0.4) is 0 Å². The van der Waals surface area contributed by atoms with Gasteiger partial charge in [0.1, 0.15) is 0 Å². The van der Waals surface area contributed by atoms with Crippen LogP contribution in [0, 0.1) is 0 Å². The highest BCUT2D eigenvalue weighted by Crippen LogP contribution is 2.23. The largest absolute Gasteiger partial charge is 0.305 e. The fraction of sp³-hybridized carbons (Fsp3) is 0.538. The minimum absolute atomic E-state index is 0.330. The molecule has 1 aromatic carbocycles. The number of benzene rings is 1. The van der Waals surface area contributed by atoms with Crippen LogP contribution >= 0.6 is 0 Å². The van der Waals surface area contributed by atoms with Crippen molar-refractivity contribution in [1.82, 2.24) is 4.72 Å². The van der Waals surface area contributed by atoms with Crippen LogP contribution in [0.2, 0.25) is 0 Å². The highest BCUT2D eigenvalue weighted by Gasteiger charge is 2.17. The Bertz CT molecular complexity index is 529. The second kappa shape index (κ2) is 6.47. The quantitative estimate of drug-likeness (QED) is 0.606. The van der Waals surface area contributed by atoms with E-state index in [2.05, 4.69) is 9.56 Å². The molecule has 1 aliphatic carbocycles. The van der Waals surface area contributed by atoms with Crippen molar-refractivity contribution in [2.45, 2.75) is 37.0 Å². The van der Waals surface area contributed by atoms with Crippen molar-refractivity contribution in [3.63, 3.8) is 0 Å². The maximum atomic E-state index is 12.1. The molecule has 0 saturated carbocycles. The molecule has 0 bridgehead atoms. The number of aryl methyl sites for hydroxylation is 2. The summed E-state index contributed by atoms with van der Waals surface area (Å²) in [6, 6.07) is 5.42. The number of rotatable bonds is 6. The van der Waals surface area contributed by atoms with E-state index in [9.17, 15) is 8.42 Å². The molecule has 6 heteroatoms. The fourth-order valence-electron chi connectivity index (χ4n) is 2.32.